The Labute approximate surface area is 231 Å². The Kier molecular flexibility index (Phi) is 8.67. The van der Waals surface area contributed by atoms with E-state index < -0.39 is 17.9 Å². The Bertz CT molecular complexity index is 1430. The van der Waals surface area contributed by atoms with E-state index in [0.29, 0.717) is 33.8 Å². The molecule has 1 fully saturated rings. The molecule has 1 saturated heterocycles. The van der Waals surface area contributed by atoms with E-state index in [9.17, 15) is 19.2 Å². The molecule has 0 spiro atoms. The number of methoxy groups -OCH3 is 1. The summed E-state index contributed by atoms with van der Waals surface area (Å²) < 4.78 is 21.9. The predicted molar refractivity (Wildman–Crippen MR) is 143 cm³/mol. The molecule has 4 amide bonds. The number of halogens is 1. The summed E-state index contributed by atoms with van der Waals surface area (Å²) in [4.78, 5) is 50.3. The molecule has 0 saturated carbocycles. The molecule has 0 radical (unpaired) electrons. The van der Waals surface area contributed by atoms with Crippen molar-refractivity contribution in [2.75, 3.05) is 25.6 Å². The van der Waals surface area contributed by atoms with Crippen molar-refractivity contribution >= 4 is 51.5 Å². The van der Waals surface area contributed by atoms with Gasteiger partial charge >= 0.3 is 12.0 Å². The fourth-order valence-corrected chi connectivity index (χ4v) is 4.04. The molecule has 4 rings (SSSR count). The number of amides is 4. The SMILES string of the molecule is CCOc1cc(/C=C2\NC(=O)N(Cc3ccc(C(=O)OC)o3)C2=O)c(Br)cc1OCC(=O)Nc1ccccc1. The molecule has 0 unspecified atom stereocenters. The lowest BCUT2D eigenvalue weighted by Gasteiger charge is -2.14. The Balaban J connectivity index is 1.48. The van der Waals surface area contributed by atoms with Crippen molar-refractivity contribution in [1.29, 1.82) is 0 Å². The maximum atomic E-state index is 13.0. The third-order valence-electron chi connectivity index (χ3n) is 5.40. The number of hydrogen-bond acceptors (Lipinski definition) is 8. The zero-order valence-electron chi connectivity index (χ0n) is 21.0. The second kappa shape index (κ2) is 12.3. The van der Waals surface area contributed by atoms with Crippen molar-refractivity contribution in [2.24, 2.45) is 0 Å². The highest BCUT2D eigenvalue weighted by atomic mass is 79.9. The molecule has 0 atom stereocenters. The molecular weight excluding hydrogens is 574 g/mol. The average Bonchev–Trinajstić information content (AvgIpc) is 3.50. The number of carbonyl (C=O) groups is 4. The van der Waals surface area contributed by atoms with Crippen molar-refractivity contribution in [3.05, 3.63) is 81.9 Å². The zero-order chi connectivity index (χ0) is 27.9. The van der Waals surface area contributed by atoms with Gasteiger partial charge < -0.3 is 29.3 Å². The third kappa shape index (κ3) is 6.65. The molecule has 11 nitrogen and oxygen atoms in total. The van der Waals surface area contributed by atoms with Crippen LogP contribution in [0, 0.1) is 0 Å². The molecule has 202 valence electrons. The molecule has 1 aliphatic heterocycles. The minimum absolute atomic E-state index is 0.0267. The van der Waals surface area contributed by atoms with Crippen LogP contribution in [0.15, 0.2) is 69.2 Å². The first-order valence-electron chi connectivity index (χ1n) is 11.7. The van der Waals surface area contributed by atoms with Gasteiger partial charge in [0.2, 0.25) is 5.76 Å². The molecule has 0 aliphatic carbocycles. The fraction of sp³-hybridized carbons (Fsp3) is 0.185. The summed E-state index contributed by atoms with van der Waals surface area (Å²) in [6.07, 6.45) is 1.49. The van der Waals surface area contributed by atoms with Crippen LogP contribution in [0.1, 0.15) is 28.8 Å². The van der Waals surface area contributed by atoms with E-state index in [4.69, 9.17) is 13.9 Å². The van der Waals surface area contributed by atoms with Crippen LogP contribution >= 0.6 is 15.9 Å². The molecule has 12 heteroatoms. The van der Waals surface area contributed by atoms with Gasteiger partial charge in [0.25, 0.3) is 11.8 Å². The Morgan fingerprint density at radius 2 is 1.82 bits per heavy atom. The minimum atomic E-state index is -0.668. The first kappa shape index (κ1) is 27.5. The van der Waals surface area contributed by atoms with Crippen LogP contribution in [0.4, 0.5) is 10.5 Å². The number of hydrogen-bond donors (Lipinski definition) is 2. The topological polar surface area (TPSA) is 136 Å². The summed E-state index contributed by atoms with van der Waals surface area (Å²) in [7, 11) is 1.22. The standard InChI is InChI=1S/C27H24BrN3O8/c1-3-37-22-12-16(19(28)13-23(22)38-15-24(32)29-17-7-5-4-6-8-17)11-20-25(33)31(27(35)30-20)14-18-9-10-21(39-18)26(34)36-2/h4-13H,3,14-15H2,1-2H3,(H,29,32)(H,30,35)/b20-11-. The van der Waals surface area contributed by atoms with Gasteiger partial charge in [-0.3, -0.25) is 14.5 Å². The third-order valence-corrected chi connectivity index (χ3v) is 6.09. The Hall–Kier alpha value is -4.58. The van der Waals surface area contributed by atoms with Crippen molar-refractivity contribution in [1.82, 2.24) is 10.2 Å². The summed E-state index contributed by atoms with van der Waals surface area (Å²) >= 11 is 3.45. The zero-order valence-corrected chi connectivity index (χ0v) is 22.6. The first-order chi connectivity index (χ1) is 18.8. The number of urea groups is 1. The number of imide groups is 1. The number of esters is 1. The van der Waals surface area contributed by atoms with E-state index in [1.165, 1.54) is 25.3 Å². The number of benzene rings is 2. The lowest BCUT2D eigenvalue weighted by Crippen LogP contribution is -2.30. The number of anilines is 1. The van der Waals surface area contributed by atoms with Crippen LogP contribution in [0.3, 0.4) is 0 Å². The van der Waals surface area contributed by atoms with Gasteiger partial charge in [0.1, 0.15) is 11.5 Å². The maximum absolute atomic E-state index is 13.0. The van der Waals surface area contributed by atoms with Gasteiger partial charge in [-0.1, -0.05) is 34.1 Å². The van der Waals surface area contributed by atoms with Crippen molar-refractivity contribution in [3.63, 3.8) is 0 Å². The predicted octanol–water partition coefficient (Wildman–Crippen LogP) is 4.34. The lowest BCUT2D eigenvalue weighted by molar-refractivity contribution is -0.123. The number of carbonyl (C=O) groups excluding carboxylic acids is 4. The van der Waals surface area contributed by atoms with Gasteiger partial charge in [0, 0.05) is 10.2 Å². The summed E-state index contributed by atoms with van der Waals surface area (Å²) in [5, 5.41) is 5.28. The molecule has 39 heavy (non-hydrogen) atoms. The van der Waals surface area contributed by atoms with E-state index in [1.807, 2.05) is 18.2 Å². The highest BCUT2D eigenvalue weighted by Crippen LogP contribution is 2.35. The number of nitrogens with one attached hydrogen (secondary N) is 2. The number of ether oxygens (including phenoxy) is 3. The van der Waals surface area contributed by atoms with E-state index in [2.05, 4.69) is 31.3 Å². The van der Waals surface area contributed by atoms with Crippen molar-refractivity contribution < 1.29 is 37.8 Å². The molecular formula is C27H24BrN3O8. The molecule has 3 aromatic rings. The van der Waals surface area contributed by atoms with Crippen LogP contribution in [0.25, 0.3) is 6.08 Å². The van der Waals surface area contributed by atoms with Crippen LogP contribution in [0.2, 0.25) is 0 Å². The molecule has 2 heterocycles. The van der Waals surface area contributed by atoms with Gasteiger partial charge in [-0.25, -0.2) is 9.59 Å². The summed E-state index contributed by atoms with van der Waals surface area (Å²) in [6, 6.07) is 14.5. The smallest absolute Gasteiger partial charge is 0.373 e. The van der Waals surface area contributed by atoms with E-state index in [-0.39, 0.29) is 36.3 Å². The fourth-order valence-electron chi connectivity index (χ4n) is 3.60. The van der Waals surface area contributed by atoms with E-state index in [1.54, 1.807) is 31.2 Å². The molecule has 2 aromatic carbocycles. The van der Waals surface area contributed by atoms with Crippen molar-refractivity contribution in [2.45, 2.75) is 13.5 Å². The van der Waals surface area contributed by atoms with Gasteiger partial charge in [0.05, 0.1) is 20.3 Å². The number of rotatable bonds is 10. The van der Waals surface area contributed by atoms with Crippen LogP contribution in [-0.4, -0.2) is 49.0 Å². The number of nitrogens with zero attached hydrogens (tertiary/aromatic N) is 1. The Morgan fingerprint density at radius 1 is 1.08 bits per heavy atom. The van der Waals surface area contributed by atoms with Gasteiger partial charge in [-0.15, -0.1) is 0 Å². The normalized spacial score (nSPS) is 13.8. The molecule has 0 bridgehead atoms. The second-order valence-corrected chi connectivity index (χ2v) is 8.95. The lowest BCUT2D eigenvalue weighted by atomic mass is 10.1. The maximum Gasteiger partial charge on any atom is 0.373 e. The van der Waals surface area contributed by atoms with Crippen LogP contribution in [-0.2, 0) is 20.9 Å². The molecule has 2 N–H and O–H groups in total. The largest absolute Gasteiger partial charge is 0.490 e. The Morgan fingerprint density at radius 3 is 2.54 bits per heavy atom. The minimum Gasteiger partial charge on any atom is -0.490 e. The van der Waals surface area contributed by atoms with Crippen molar-refractivity contribution in [3.8, 4) is 11.5 Å². The number of furan rings is 1. The monoisotopic (exact) mass is 597 g/mol. The van der Waals surface area contributed by atoms with Gasteiger partial charge in [-0.05, 0) is 55.0 Å². The van der Waals surface area contributed by atoms with E-state index in [0.717, 1.165) is 4.90 Å². The summed E-state index contributed by atoms with van der Waals surface area (Å²) in [5.74, 6) is -0.741. The number of para-hydroxylation sites is 1. The van der Waals surface area contributed by atoms with Crippen LogP contribution in [0.5, 0.6) is 11.5 Å². The highest BCUT2D eigenvalue weighted by Gasteiger charge is 2.34. The first-order valence-corrected chi connectivity index (χ1v) is 12.5. The quantitative estimate of drug-likeness (QED) is 0.200. The second-order valence-electron chi connectivity index (χ2n) is 8.09. The molecule has 1 aliphatic rings. The highest BCUT2D eigenvalue weighted by molar-refractivity contribution is 9.10. The van der Waals surface area contributed by atoms with Gasteiger partial charge in [0.15, 0.2) is 18.1 Å². The van der Waals surface area contributed by atoms with E-state index >= 15 is 0 Å². The molecule has 1 aromatic heterocycles. The summed E-state index contributed by atoms with van der Waals surface area (Å²) in [6.45, 7) is 1.69. The summed E-state index contributed by atoms with van der Waals surface area (Å²) in [5.41, 5.74) is 1.20. The van der Waals surface area contributed by atoms with Gasteiger partial charge in [-0.2, -0.15) is 0 Å². The van der Waals surface area contributed by atoms with Crippen LogP contribution < -0.4 is 20.1 Å². The average molecular weight is 598 g/mol.